The predicted molar refractivity (Wildman–Crippen MR) is 66.0 cm³/mol. The van der Waals surface area contributed by atoms with Crippen LogP contribution in [0.15, 0.2) is 36.4 Å². The van der Waals surface area contributed by atoms with E-state index in [1.807, 2.05) is 0 Å². The standard InChI is InChI=1S/C10H9.3ClH.Zr/c1-8-6-7-9-4-2-3-5-10(8)9;;;;/h2-7H,1H3;3*1H;/q-1;;;;. The van der Waals surface area contributed by atoms with E-state index in [-0.39, 0.29) is 63.4 Å². The molecule has 0 amide bonds. The Hall–Kier alpha value is 0.583. The van der Waals surface area contributed by atoms with Crippen LogP contribution in [0.3, 0.4) is 0 Å². The molecule has 0 spiro atoms. The van der Waals surface area contributed by atoms with Crippen LogP contribution in [-0.4, -0.2) is 0 Å². The van der Waals surface area contributed by atoms with Gasteiger partial charge in [0.1, 0.15) is 0 Å². The van der Waals surface area contributed by atoms with Gasteiger partial charge in [-0.25, -0.2) is 0 Å². The van der Waals surface area contributed by atoms with E-state index in [0.717, 1.165) is 0 Å². The largest absolute Gasteiger partial charge is 0.168 e. The summed E-state index contributed by atoms with van der Waals surface area (Å²) in [5.41, 5.74) is 1.37. The SMILES string of the molecule is C[c-]1ccc2ccccc21.Cl.Cl.Cl.[Zr]. The number of aryl methyl sites for hydroxylation is 1. The van der Waals surface area contributed by atoms with E-state index < -0.39 is 0 Å². The second kappa shape index (κ2) is 8.86. The topological polar surface area (TPSA) is 0 Å². The van der Waals surface area contributed by atoms with Crippen molar-refractivity contribution in [3.63, 3.8) is 0 Å². The molecule has 0 unspecified atom stereocenters. The van der Waals surface area contributed by atoms with Crippen molar-refractivity contribution in [2.24, 2.45) is 0 Å². The van der Waals surface area contributed by atoms with Crippen molar-refractivity contribution in [2.75, 3.05) is 0 Å². The third kappa shape index (κ3) is 3.98. The Morgan fingerprint density at radius 3 is 2.07 bits per heavy atom. The van der Waals surface area contributed by atoms with Crippen molar-refractivity contribution in [2.45, 2.75) is 6.92 Å². The fraction of sp³-hybridized carbons (Fsp3) is 0.100. The number of hydrogen-bond donors (Lipinski definition) is 0. The van der Waals surface area contributed by atoms with Gasteiger partial charge in [-0.3, -0.25) is 0 Å². The summed E-state index contributed by atoms with van der Waals surface area (Å²) >= 11 is 0. The molecule has 2 aromatic rings. The molecular formula is C10H12Cl3Zr-. The Bertz CT molecular complexity index is 357. The Balaban J connectivity index is -0.000000302. The van der Waals surface area contributed by atoms with Gasteiger partial charge in [0, 0.05) is 26.2 Å². The van der Waals surface area contributed by atoms with Crippen molar-refractivity contribution in [1.29, 1.82) is 0 Å². The van der Waals surface area contributed by atoms with E-state index in [0.29, 0.717) is 0 Å². The molecule has 0 nitrogen and oxygen atoms in total. The van der Waals surface area contributed by atoms with Crippen LogP contribution in [0.4, 0.5) is 0 Å². The zero-order valence-electron chi connectivity index (χ0n) is 7.69. The van der Waals surface area contributed by atoms with E-state index >= 15 is 0 Å². The molecule has 78 valence electrons. The molecule has 2 aromatic carbocycles. The molecule has 14 heavy (non-hydrogen) atoms. The summed E-state index contributed by atoms with van der Waals surface area (Å²) in [6.45, 7) is 2.14. The van der Waals surface area contributed by atoms with Gasteiger partial charge in [0.25, 0.3) is 0 Å². The minimum absolute atomic E-state index is 0. The van der Waals surface area contributed by atoms with E-state index in [1.165, 1.54) is 16.3 Å². The zero-order chi connectivity index (χ0) is 6.97. The first-order valence-corrected chi connectivity index (χ1v) is 3.49. The molecule has 0 radical (unpaired) electrons. The molecule has 0 aliphatic rings. The van der Waals surface area contributed by atoms with E-state index in [2.05, 4.69) is 43.3 Å². The molecule has 0 saturated carbocycles. The fourth-order valence-electron chi connectivity index (χ4n) is 1.31. The summed E-state index contributed by atoms with van der Waals surface area (Å²) in [4.78, 5) is 0. The van der Waals surface area contributed by atoms with Crippen molar-refractivity contribution in [1.82, 2.24) is 0 Å². The van der Waals surface area contributed by atoms with Crippen LogP contribution in [0.25, 0.3) is 10.8 Å². The van der Waals surface area contributed by atoms with Gasteiger partial charge in [-0.1, -0.05) is 13.0 Å². The third-order valence-corrected chi connectivity index (χ3v) is 1.90. The zero-order valence-corrected chi connectivity index (χ0v) is 12.6. The summed E-state index contributed by atoms with van der Waals surface area (Å²) < 4.78 is 0. The molecule has 0 N–H and O–H groups in total. The summed E-state index contributed by atoms with van der Waals surface area (Å²) in [5.74, 6) is 0. The van der Waals surface area contributed by atoms with Crippen molar-refractivity contribution < 1.29 is 26.2 Å². The van der Waals surface area contributed by atoms with Crippen molar-refractivity contribution in [3.8, 4) is 0 Å². The number of rotatable bonds is 0. The normalized spacial score (nSPS) is 7.50. The fourth-order valence-corrected chi connectivity index (χ4v) is 1.31. The average molecular weight is 330 g/mol. The maximum atomic E-state index is 2.16. The van der Waals surface area contributed by atoms with Crippen LogP contribution in [0, 0.1) is 6.92 Å². The maximum Gasteiger partial charge on any atom is 0 e. The van der Waals surface area contributed by atoms with E-state index in [1.54, 1.807) is 0 Å². The Kier molecular flexibility index (Phi) is 12.7. The molecule has 4 heteroatoms. The molecule has 0 saturated heterocycles. The number of benzene rings is 1. The summed E-state index contributed by atoms with van der Waals surface area (Å²) in [6.07, 6.45) is 0. The molecule has 0 aliphatic heterocycles. The van der Waals surface area contributed by atoms with Crippen LogP contribution in [-0.2, 0) is 26.2 Å². The Morgan fingerprint density at radius 2 is 1.50 bits per heavy atom. The minimum atomic E-state index is 0. The third-order valence-electron chi connectivity index (χ3n) is 1.90. The van der Waals surface area contributed by atoms with Crippen LogP contribution in [0.5, 0.6) is 0 Å². The van der Waals surface area contributed by atoms with Crippen molar-refractivity contribution in [3.05, 3.63) is 42.0 Å². The van der Waals surface area contributed by atoms with Gasteiger partial charge in [0.15, 0.2) is 0 Å². The summed E-state index contributed by atoms with van der Waals surface area (Å²) in [7, 11) is 0. The maximum absolute atomic E-state index is 2.16. The molecule has 0 aliphatic carbocycles. The van der Waals surface area contributed by atoms with E-state index in [4.69, 9.17) is 0 Å². The molecule has 0 bridgehead atoms. The Labute approximate surface area is 122 Å². The first kappa shape index (κ1) is 20.1. The minimum Gasteiger partial charge on any atom is -0.168 e. The van der Waals surface area contributed by atoms with Gasteiger partial charge in [0.2, 0.25) is 0 Å². The molecule has 0 aromatic heterocycles. The number of fused-ring (bicyclic) bond motifs is 1. The van der Waals surface area contributed by atoms with Gasteiger partial charge >= 0.3 is 0 Å². The van der Waals surface area contributed by atoms with Crippen molar-refractivity contribution >= 4 is 48.0 Å². The summed E-state index contributed by atoms with van der Waals surface area (Å²) in [6, 6.07) is 12.8. The van der Waals surface area contributed by atoms with Gasteiger partial charge in [-0.2, -0.15) is 12.1 Å². The van der Waals surface area contributed by atoms with Crippen LogP contribution in [0.1, 0.15) is 5.56 Å². The van der Waals surface area contributed by atoms with Crippen LogP contribution < -0.4 is 0 Å². The smallest absolute Gasteiger partial charge is 0 e. The van der Waals surface area contributed by atoms with Gasteiger partial charge in [-0.15, -0.1) is 71.8 Å². The van der Waals surface area contributed by atoms with Crippen LogP contribution in [0.2, 0.25) is 0 Å². The van der Waals surface area contributed by atoms with Gasteiger partial charge in [-0.05, 0) is 0 Å². The Morgan fingerprint density at radius 1 is 0.929 bits per heavy atom. The van der Waals surface area contributed by atoms with Crippen LogP contribution >= 0.6 is 37.2 Å². The van der Waals surface area contributed by atoms with Gasteiger partial charge < -0.3 is 0 Å². The monoisotopic (exact) mass is 327 g/mol. The molecule has 0 heterocycles. The quantitative estimate of drug-likeness (QED) is 0.638. The predicted octanol–water partition coefficient (Wildman–Crippen LogP) is 4.13. The molecule has 2 rings (SSSR count). The number of hydrogen-bond acceptors (Lipinski definition) is 0. The second-order valence-corrected chi connectivity index (χ2v) is 2.60. The first-order chi connectivity index (χ1) is 4.88. The molecule has 0 atom stereocenters. The molecular weight excluding hydrogens is 318 g/mol. The average Bonchev–Trinajstić information content (AvgIpc) is 2.34. The molecule has 0 fully saturated rings. The summed E-state index contributed by atoms with van der Waals surface area (Å²) in [5, 5.41) is 2.72. The van der Waals surface area contributed by atoms with E-state index in [9.17, 15) is 0 Å². The first-order valence-electron chi connectivity index (χ1n) is 3.49. The number of halogens is 3. The van der Waals surface area contributed by atoms with Gasteiger partial charge in [0.05, 0.1) is 0 Å². The second-order valence-electron chi connectivity index (χ2n) is 2.60.